The third-order valence-electron chi connectivity index (χ3n) is 6.00. The molecule has 4 amide bonds. The lowest BCUT2D eigenvalue weighted by Crippen LogP contribution is -2.54. The van der Waals surface area contributed by atoms with Crippen LogP contribution < -0.4 is 5.32 Å². The van der Waals surface area contributed by atoms with E-state index in [0.29, 0.717) is 19.5 Å². The summed E-state index contributed by atoms with van der Waals surface area (Å²) in [6.07, 6.45) is 3.55. The van der Waals surface area contributed by atoms with Crippen molar-refractivity contribution < 1.29 is 14.4 Å². The van der Waals surface area contributed by atoms with Crippen LogP contribution in [0.2, 0.25) is 0 Å². The van der Waals surface area contributed by atoms with Crippen molar-refractivity contribution in [3.63, 3.8) is 0 Å². The Kier molecular flexibility index (Phi) is 5.74. The zero-order valence-corrected chi connectivity index (χ0v) is 18.1. The fourth-order valence-corrected chi connectivity index (χ4v) is 5.73. The van der Waals surface area contributed by atoms with Crippen LogP contribution in [0.1, 0.15) is 42.4 Å². The molecule has 29 heavy (non-hydrogen) atoms. The average Bonchev–Trinajstić information content (AvgIpc) is 3.44. The fourth-order valence-electron chi connectivity index (χ4n) is 4.29. The van der Waals surface area contributed by atoms with E-state index in [1.54, 1.807) is 27.6 Å². The number of carbonyl (C=O) groups is 3. The molecule has 3 heterocycles. The summed E-state index contributed by atoms with van der Waals surface area (Å²) >= 11 is 3.19. The SMILES string of the molecule is CC1CCCCC12NC(=O)N(CC(=O)N(Cc1cccs1)Cc1cccs1)C2=O. The van der Waals surface area contributed by atoms with Gasteiger partial charge in [0.2, 0.25) is 5.91 Å². The molecule has 1 saturated carbocycles. The number of carbonyl (C=O) groups excluding carboxylic acids is 3. The third kappa shape index (κ3) is 3.96. The third-order valence-corrected chi connectivity index (χ3v) is 7.72. The van der Waals surface area contributed by atoms with Crippen LogP contribution in [-0.2, 0) is 22.7 Å². The first-order chi connectivity index (χ1) is 14.0. The summed E-state index contributed by atoms with van der Waals surface area (Å²) in [5.41, 5.74) is -0.831. The predicted molar refractivity (Wildman–Crippen MR) is 113 cm³/mol. The normalized spacial score (nSPS) is 24.2. The molecular formula is C21H25N3O3S2. The van der Waals surface area contributed by atoms with E-state index in [-0.39, 0.29) is 24.3 Å². The number of thiophene rings is 2. The number of nitrogens with one attached hydrogen (secondary N) is 1. The maximum Gasteiger partial charge on any atom is 0.325 e. The Hall–Kier alpha value is -2.19. The van der Waals surface area contributed by atoms with Gasteiger partial charge in [-0.15, -0.1) is 22.7 Å². The molecule has 2 aromatic rings. The Bertz CT molecular complexity index is 845. The maximum atomic E-state index is 13.2. The highest BCUT2D eigenvalue weighted by molar-refractivity contribution is 7.10. The molecule has 1 aliphatic carbocycles. The second-order valence-corrected chi connectivity index (χ2v) is 9.91. The Morgan fingerprint density at radius 2 is 1.83 bits per heavy atom. The van der Waals surface area contributed by atoms with Crippen molar-refractivity contribution in [3.8, 4) is 0 Å². The molecule has 1 aliphatic heterocycles. The Balaban J connectivity index is 1.50. The van der Waals surface area contributed by atoms with Gasteiger partial charge in [-0.3, -0.25) is 14.5 Å². The molecule has 1 spiro atoms. The van der Waals surface area contributed by atoms with Crippen molar-refractivity contribution in [1.82, 2.24) is 15.1 Å². The number of amides is 4. The minimum Gasteiger partial charge on any atom is -0.331 e. The van der Waals surface area contributed by atoms with Crippen molar-refractivity contribution >= 4 is 40.5 Å². The number of hydrogen-bond donors (Lipinski definition) is 1. The van der Waals surface area contributed by atoms with Gasteiger partial charge in [0.1, 0.15) is 12.1 Å². The van der Waals surface area contributed by atoms with E-state index in [1.165, 1.54) is 0 Å². The zero-order valence-electron chi connectivity index (χ0n) is 16.4. The van der Waals surface area contributed by atoms with Crippen molar-refractivity contribution in [2.75, 3.05) is 6.54 Å². The quantitative estimate of drug-likeness (QED) is 0.707. The molecule has 2 fully saturated rings. The van der Waals surface area contributed by atoms with Crippen LogP contribution in [0.15, 0.2) is 35.0 Å². The second kappa shape index (κ2) is 8.28. The van der Waals surface area contributed by atoms with Crippen LogP contribution in [0.4, 0.5) is 4.79 Å². The lowest BCUT2D eigenvalue weighted by Gasteiger charge is -2.36. The molecule has 1 saturated heterocycles. The Morgan fingerprint density at radius 3 is 2.38 bits per heavy atom. The average molecular weight is 432 g/mol. The van der Waals surface area contributed by atoms with Crippen LogP contribution in [-0.4, -0.2) is 39.7 Å². The number of imide groups is 1. The molecule has 4 rings (SSSR count). The summed E-state index contributed by atoms with van der Waals surface area (Å²) in [5.74, 6) is -0.368. The molecular weight excluding hydrogens is 406 g/mol. The molecule has 0 radical (unpaired) electrons. The highest BCUT2D eigenvalue weighted by Crippen LogP contribution is 2.38. The minimum absolute atomic E-state index is 0.0844. The molecule has 8 heteroatoms. The van der Waals surface area contributed by atoms with Gasteiger partial charge in [-0.05, 0) is 41.7 Å². The van der Waals surface area contributed by atoms with Gasteiger partial charge < -0.3 is 10.2 Å². The van der Waals surface area contributed by atoms with Crippen LogP contribution in [0.3, 0.4) is 0 Å². The molecule has 154 valence electrons. The van der Waals surface area contributed by atoms with E-state index in [4.69, 9.17) is 0 Å². The maximum absolute atomic E-state index is 13.2. The summed E-state index contributed by atoms with van der Waals surface area (Å²) in [7, 11) is 0. The highest BCUT2D eigenvalue weighted by atomic mass is 32.1. The summed E-state index contributed by atoms with van der Waals surface area (Å²) in [6, 6.07) is 7.46. The molecule has 1 N–H and O–H groups in total. The Morgan fingerprint density at radius 1 is 1.17 bits per heavy atom. The van der Waals surface area contributed by atoms with Gasteiger partial charge in [0.25, 0.3) is 5.91 Å². The van der Waals surface area contributed by atoms with Gasteiger partial charge in [-0.25, -0.2) is 4.79 Å². The van der Waals surface area contributed by atoms with Crippen LogP contribution in [0.5, 0.6) is 0 Å². The van der Waals surface area contributed by atoms with Gasteiger partial charge in [0, 0.05) is 9.75 Å². The molecule has 2 unspecified atom stereocenters. The fraction of sp³-hybridized carbons (Fsp3) is 0.476. The molecule has 0 aromatic carbocycles. The van der Waals surface area contributed by atoms with Gasteiger partial charge in [-0.2, -0.15) is 0 Å². The topological polar surface area (TPSA) is 69.7 Å². The standard InChI is InChI=1S/C21H25N3O3S2/c1-15-6-2-3-9-21(15)19(26)24(20(27)22-21)14-18(25)23(12-16-7-4-10-28-16)13-17-8-5-11-29-17/h4-5,7-8,10-11,15H,2-3,6,9,12-14H2,1H3,(H,22,27). The molecule has 0 bridgehead atoms. The van der Waals surface area contributed by atoms with Gasteiger partial charge in [0.15, 0.2) is 0 Å². The van der Waals surface area contributed by atoms with Crippen LogP contribution in [0.25, 0.3) is 0 Å². The number of urea groups is 1. The first-order valence-corrected chi connectivity index (χ1v) is 11.7. The minimum atomic E-state index is -0.831. The lowest BCUT2D eigenvalue weighted by atomic mass is 9.73. The lowest BCUT2D eigenvalue weighted by molar-refractivity contribution is -0.141. The van der Waals surface area contributed by atoms with E-state index in [2.05, 4.69) is 5.32 Å². The van der Waals surface area contributed by atoms with E-state index in [1.807, 2.05) is 41.9 Å². The highest BCUT2D eigenvalue weighted by Gasteiger charge is 2.55. The van der Waals surface area contributed by atoms with Crippen LogP contribution >= 0.6 is 22.7 Å². The number of nitrogens with zero attached hydrogens (tertiary/aromatic N) is 2. The van der Waals surface area contributed by atoms with Gasteiger partial charge >= 0.3 is 6.03 Å². The van der Waals surface area contributed by atoms with Gasteiger partial charge in [-0.1, -0.05) is 31.9 Å². The molecule has 2 aliphatic rings. The van der Waals surface area contributed by atoms with Crippen molar-refractivity contribution in [2.24, 2.45) is 5.92 Å². The Labute approximate surface area is 178 Å². The first kappa shape index (κ1) is 20.1. The largest absolute Gasteiger partial charge is 0.331 e. The van der Waals surface area contributed by atoms with Crippen molar-refractivity contribution in [1.29, 1.82) is 0 Å². The van der Waals surface area contributed by atoms with Crippen molar-refractivity contribution in [2.45, 2.75) is 51.2 Å². The molecule has 6 nitrogen and oxygen atoms in total. The van der Waals surface area contributed by atoms with E-state index >= 15 is 0 Å². The van der Waals surface area contributed by atoms with Crippen molar-refractivity contribution in [3.05, 3.63) is 44.8 Å². The molecule has 2 aromatic heterocycles. The number of rotatable bonds is 6. The van der Waals surface area contributed by atoms with Crippen LogP contribution in [0, 0.1) is 5.92 Å². The smallest absolute Gasteiger partial charge is 0.325 e. The predicted octanol–water partition coefficient (Wildman–Crippen LogP) is 3.84. The summed E-state index contributed by atoms with van der Waals surface area (Å²) < 4.78 is 0. The summed E-state index contributed by atoms with van der Waals surface area (Å²) in [4.78, 5) is 44.0. The van der Waals surface area contributed by atoms with E-state index < -0.39 is 11.6 Å². The van der Waals surface area contributed by atoms with Gasteiger partial charge in [0.05, 0.1) is 13.1 Å². The molecule has 2 atom stereocenters. The van der Waals surface area contributed by atoms with E-state index in [0.717, 1.165) is 33.9 Å². The summed E-state index contributed by atoms with van der Waals surface area (Å²) in [6.45, 7) is 2.75. The second-order valence-electron chi connectivity index (χ2n) is 7.85. The number of hydrogen-bond acceptors (Lipinski definition) is 5. The van der Waals surface area contributed by atoms with E-state index in [9.17, 15) is 14.4 Å². The summed E-state index contributed by atoms with van der Waals surface area (Å²) in [5, 5.41) is 6.89. The first-order valence-electron chi connectivity index (χ1n) is 9.96. The zero-order chi connectivity index (χ0) is 20.4. The monoisotopic (exact) mass is 431 g/mol.